The van der Waals surface area contributed by atoms with Crippen LogP contribution in [0.5, 0.6) is 0 Å². The van der Waals surface area contributed by atoms with E-state index < -0.39 is 17.7 Å². The number of benzene rings is 1. The minimum absolute atomic E-state index is 0.0768. The summed E-state index contributed by atoms with van der Waals surface area (Å²) in [5.41, 5.74) is 0.387. The molecule has 1 aromatic carbocycles. The van der Waals surface area contributed by atoms with Crippen LogP contribution in [-0.4, -0.2) is 23.5 Å². The number of nitrogens with one attached hydrogen (secondary N) is 1. The molecule has 1 aromatic rings. The molecule has 0 saturated heterocycles. The number of halogens is 1. The van der Waals surface area contributed by atoms with Gasteiger partial charge in [0.15, 0.2) is 0 Å². The number of carboxylic acid groups (broad SMARTS) is 1. The first-order valence-corrected chi connectivity index (χ1v) is 6.89. The highest BCUT2D eigenvalue weighted by Crippen LogP contribution is 2.12. The molecule has 2 N–H and O–H groups in total. The summed E-state index contributed by atoms with van der Waals surface area (Å²) < 4.78 is 13.7. The summed E-state index contributed by atoms with van der Waals surface area (Å²) >= 11 is 0. The molecule has 1 amide bonds. The van der Waals surface area contributed by atoms with E-state index in [9.17, 15) is 14.0 Å². The second-order valence-corrected chi connectivity index (χ2v) is 5.20. The van der Waals surface area contributed by atoms with E-state index in [1.807, 2.05) is 0 Å². The van der Waals surface area contributed by atoms with E-state index in [1.165, 1.54) is 18.2 Å². The van der Waals surface area contributed by atoms with E-state index in [1.54, 1.807) is 0 Å². The number of carbonyl (C=O) groups excluding carboxylic acids is 1. The maximum absolute atomic E-state index is 13.7. The highest BCUT2D eigenvalue weighted by atomic mass is 19.1. The highest BCUT2D eigenvalue weighted by Gasteiger charge is 2.11. The van der Waals surface area contributed by atoms with Crippen LogP contribution in [0.25, 0.3) is 6.08 Å². The van der Waals surface area contributed by atoms with E-state index in [-0.39, 0.29) is 5.56 Å². The van der Waals surface area contributed by atoms with Crippen LogP contribution >= 0.6 is 0 Å². The predicted molar refractivity (Wildman–Crippen MR) is 79.5 cm³/mol. The van der Waals surface area contributed by atoms with Gasteiger partial charge in [0, 0.05) is 12.6 Å². The third-order valence-corrected chi connectivity index (χ3v) is 2.90. The first kappa shape index (κ1) is 16.9. The summed E-state index contributed by atoms with van der Waals surface area (Å²) in [6.45, 7) is 4.69. The third kappa shape index (κ3) is 6.21. The molecular weight excluding hydrogens is 273 g/mol. The van der Waals surface area contributed by atoms with E-state index >= 15 is 0 Å². The second kappa shape index (κ2) is 8.19. The Morgan fingerprint density at radius 3 is 2.71 bits per heavy atom. The summed E-state index contributed by atoms with van der Waals surface area (Å²) in [6, 6.07) is 3.92. The van der Waals surface area contributed by atoms with Crippen molar-refractivity contribution in [2.24, 2.45) is 5.92 Å². The fourth-order valence-electron chi connectivity index (χ4n) is 1.80. The summed E-state index contributed by atoms with van der Waals surface area (Å²) in [5.74, 6) is -1.65. The Hall–Kier alpha value is -2.17. The Labute approximate surface area is 123 Å². The fraction of sp³-hybridized carbons (Fsp3) is 0.375. The van der Waals surface area contributed by atoms with E-state index in [0.717, 1.165) is 25.0 Å². The van der Waals surface area contributed by atoms with Gasteiger partial charge in [-0.1, -0.05) is 19.9 Å². The predicted octanol–water partition coefficient (Wildman–Crippen LogP) is 3.09. The minimum atomic E-state index is -1.10. The molecule has 5 heteroatoms. The van der Waals surface area contributed by atoms with Crippen molar-refractivity contribution < 1.29 is 19.1 Å². The fourth-order valence-corrected chi connectivity index (χ4v) is 1.80. The zero-order valence-electron chi connectivity index (χ0n) is 12.2. The minimum Gasteiger partial charge on any atom is -0.478 e. The highest BCUT2D eigenvalue weighted by molar-refractivity contribution is 5.95. The standard InChI is InChI=1S/C16H20FNO3/c1-11(2)4-3-9-18-16(21)13-10-12(5-7-14(13)17)6-8-15(19)20/h5-8,10-11H,3-4,9H2,1-2H3,(H,18,21)(H,19,20). The van der Waals surface area contributed by atoms with Crippen molar-refractivity contribution in [3.8, 4) is 0 Å². The number of carbonyl (C=O) groups is 2. The molecule has 0 saturated carbocycles. The average Bonchev–Trinajstić information content (AvgIpc) is 2.42. The van der Waals surface area contributed by atoms with Gasteiger partial charge in [-0.2, -0.15) is 0 Å². The van der Waals surface area contributed by atoms with Gasteiger partial charge in [0.2, 0.25) is 0 Å². The monoisotopic (exact) mass is 293 g/mol. The van der Waals surface area contributed by atoms with Crippen molar-refractivity contribution >= 4 is 18.0 Å². The summed E-state index contributed by atoms with van der Waals surface area (Å²) in [5, 5.41) is 11.2. The molecular formula is C16H20FNO3. The molecule has 0 bridgehead atoms. The van der Waals surface area contributed by atoms with Gasteiger partial charge in [0.25, 0.3) is 5.91 Å². The third-order valence-electron chi connectivity index (χ3n) is 2.90. The van der Waals surface area contributed by atoms with E-state index in [4.69, 9.17) is 5.11 Å². The first-order chi connectivity index (χ1) is 9.90. The Kier molecular flexibility index (Phi) is 6.59. The van der Waals surface area contributed by atoms with Crippen LogP contribution in [0.4, 0.5) is 4.39 Å². The molecule has 1 rings (SSSR count). The molecule has 114 valence electrons. The van der Waals surface area contributed by atoms with Gasteiger partial charge >= 0.3 is 5.97 Å². The van der Waals surface area contributed by atoms with Gasteiger partial charge in [-0.25, -0.2) is 9.18 Å². The molecule has 0 spiro atoms. The molecule has 0 atom stereocenters. The van der Waals surface area contributed by atoms with Crippen molar-refractivity contribution in [3.63, 3.8) is 0 Å². The number of hydrogen-bond donors (Lipinski definition) is 2. The number of rotatable bonds is 7. The van der Waals surface area contributed by atoms with Gasteiger partial charge in [-0.3, -0.25) is 4.79 Å². The van der Waals surface area contributed by atoms with Crippen molar-refractivity contribution in [1.82, 2.24) is 5.32 Å². The SMILES string of the molecule is CC(C)CCCNC(=O)c1cc(C=CC(=O)O)ccc1F. The quantitative estimate of drug-likeness (QED) is 0.599. The van der Waals surface area contributed by atoms with Crippen molar-refractivity contribution in [2.75, 3.05) is 6.54 Å². The van der Waals surface area contributed by atoms with Gasteiger partial charge < -0.3 is 10.4 Å². The Bertz CT molecular complexity index is 538. The van der Waals surface area contributed by atoms with Gasteiger partial charge in [0.05, 0.1) is 5.56 Å². The lowest BCUT2D eigenvalue weighted by Gasteiger charge is -2.08. The average molecular weight is 293 g/mol. The maximum atomic E-state index is 13.7. The zero-order valence-corrected chi connectivity index (χ0v) is 12.2. The lowest BCUT2D eigenvalue weighted by molar-refractivity contribution is -0.131. The molecule has 0 aliphatic heterocycles. The first-order valence-electron chi connectivity index (χ1n) is 6.89. The largest absolute Gasteiger partial charge is 0.478 e. The van der Waals surface area contributed by atoms with Crippen LogP contribution in [0.15, 0.2) is 24.3 Å². The molecule has 0 unspecified atom stereocenters. The van der Waals surface area contributed by atoms with E-state index in [0.29, 0.717) is 18.0 Å². The van der Waals surface area contributed by atoms with Crippen molar-refractivity contribution in [3.05, 3.63) is 41.2 Å². The van der Waals surface area contributed by atoms with Crippen molar-refractivity contribution in [2.45, 2.75) is 26.7 Å². The molecule has 0 aliphatic carbocycles. The summed E-state index contributed by atoms with van der Waals surface area (Å²) in [4.78, 5) is 22.4. The Morgan fingerprint density at radius 1 is 1.38 bits per heavy atom. The Morgan fingerprint density at radius 2 is 2.10 bits per heavy atom. The lowest BCUT2D eigenvalue weighted by atomic mass is 10.1. The van der Waals surface area contributed by atoms with Crippen LogP contribution < -0.4 is 5.32 Å². The van der Waals surface area contributed by atoms with Crippen LogP contribution in [0, 0.1) is 11.7 Å². The van der Waals surface area contributed by atoms with Crippen LogP contribution in [0.2, 0.25) is 0 Å². The number of aliphatic carboxylic acids is 1. The van der Waals surface area contributed by atoms with Gasteiger partial charge in [0.1, 0.15) is 5.82 Å². The molecule has 0 aromatic heterocycles. The molecule has 0 aliphatic rings. The summed E-state index contributed by atoms with van der Waals surface area (Å²) in [7, 11) is 0. The summed E-state index contributed by atoms with van der Waals surface area (Å²) in [6.07, 6.45) is 4.09. The number of hydrogen-bond acceptors (Lipinski definition) is 2. The van der Waals surface area contributed by atoms with Crippen molar-refractivity contribution in [1.29, 1.82) is 0 Å². The van der Waals surface area contributed by atoms with Crippen LogP contribution in [0.1, 0.15) is 42.6 Å². The topological polar surface area (TPSA) is 66.4 Å². The molecule has 0 heterocycles. The lowest BCUT2D eigenvalue weighted by Crippen LogP contribution is -2.25. The molecule has 4 nitrogen and oxygen atoms in total. The van der Waals surface area contributed by atoms with Gasteiger partial charge in [-0.15, -0.1) is 0 Å². The molecule has 0 radical (unpaired) electrons. The smallest absolute Gasteiger partial charge is 0.328 e. The Balaban J connectivity index is 2.70. The zero-order chi connectivity index (χ0) is 15.8. The van der Waals surface area contributed by atoms with Gasteiger partial charge in [-0.05, 0) is 42.5 Å². The second-order valence-electron chi connectivity index (χ2n) is 5.20. The van der Waals surface area contributed by atoms with Crippen LogP contribution in [-0.2, 0) is 4.79 Å². The number of amides is 1. The molecule has 21 heavy (non-hydrogen) atoms. The number of carboxylic acids is 1. The van der Waals surface area contributed by atoms with Crippen LogP contribution in [0.3, 0.4) is 0 Å². The van der Waals surface area contributed by atoms with E-state index in [2.05, 4.69) is 19.2 Å². The maximum Gasteiger partial charge on any atom is 0.328 e. The normalized spacial score (nSPS) is 11.0. The molecule has 0 fully saturated rings.